The zero-order valence-corrected chi connectivity index (χ0v) is 41.1. The van der Waals surface area contributed by atoms with Gasteiger partial charge in [-0.15, -0.1) is 24.0 Å². The lowest BCUT2D eigenvalue weighted by molar-refractivity contribution is -0.122. The molecule has 4 aliphatic rings. The number of amides is 2. The number of fused-ring (bicyclic) bond motifs is 5. The number of rotatable bonds is 29. The smallest absolute Gasteiger partial charge is 0.265 e. The minimum absolute atomic E-state index is 0.110. The number of allylic oxidation sites excluding steroid dienone is 4. The van der Waals surface area contributed by atoms with Crippen molar-refractivity contribution in [3.8, 4) is 0 Å². The second-order valence-corrected chi connectivity index (χ2v) is 20.8. The zero-order valence-electron chi connectivity index (χ0n) is 36.2. The van der Waals surface area contributed by atoms with Gasteiger partial charge in [-0.3, -0.25) is 19.4 Å². The number of hydrogen-bond acceptors (Lipinski definition) is 4. The summed E-state index contributed by atoms with van der Waals surface area (Å²) >= 11 is 14.2. The highest BCUT2D eigenvalue weighted by Crippen LogP contribution is 2.54. The highest BCUT2D eigenvalue weighted by atomic mass is 79.9. The minimum atomic E-state index is -0.110. The summed E-state index contributed by atoms with van der Waals surface area (Å²) in [5.41, 5.74) is 6.97. The van der Waals surface area contributed by atoms with Crippen LogP contribution >= 0.6 is 55.8 Å². The fraction of sp³-hybridized carbons (Fsp3) is 0.640. The number of halogens is 2. The SMILES string of the molecule is CCCCCCCCC(CCCCCC)CC1=CN2C(=O)C3=C4c5sc(Br)cc5C(CC(CCCCCC)CCCCCCCC)=CN4C(=O)C3=C2C(S)=C1/C=C/Br. The summed E-state index contributed by atoms with van der Waals surface area (Å²) in [6.45, 7) is 9.12. The molecule has 2 atom stereocenters. The molecule has 1 aromatic heterocycles. The van der Waals surface area contributed by atoms with Crippen molar-refractivity contribution in [1.29, 1.82) is 0 Å². The highest BCUT2D eigenvalue weighted by molar-refractivity contribution is 9.11. The van der Waals surface area contributed by atoms with E-state index in [1.54, 1.807) is 16.2 Å². The van der Waals surface area contributed by atoms with E-state index in [9.17, 15) is 9.59 Å². The quantitative estimate of drug-likeness (QED) is 0.0642. The molecule has 0 spiro atoms. The molecule has 0 bridgehead atoms. The lowest BCUT2D eigenvalue weighted by Gasteiger charge is -2.30. The van der Waals surface area contributed by atoms with Gasteiger partial charge in [0, 0.05) is 22.9 Å². The van der Waals surface area contributed by atoms with E-state index in [1.807, 2.05) is 9.89 Å². The van der Waals surface area contributed by atoms with Crippen molar-refractivity contribution in [3.05, 3.63) is 76.6 Å². The summed E-state index contributed by atoms with van der Waals surface area (Å²) in [4.78, 5) is 36.7. The van der Waals surface area contributed by atoms with E-state index in [4.69, 9.17) is 12.6 Å². The van der Waals surface area contributed by atoms with Crippen LogP contribution in [-0.4, -0.2) is 21.6 Å². The van der Waals surface area contributed by atoms with Crippen molar-refractivity contribution in [1.82, 2.24) is 9.80 Å². The average Bonchev–Trinajstić information content (AvgIpc) is 3.84. The largest absolute Gasteiger partial charge is 0.281 e. The molecule has 0 saturated heterocycles. The molecular weight excluding hydrogens is 885 g/mol. The molecule has 58 heavy (non-hydrogen) atoms. The molecule has 4 aliphatic heterocycles. The molecule has 5 rings (SSSR count). The molecule has 0 aromatic carbocycles. The minimum Gasteiger partial charge on any atom is -0.281 e. The van der Waals surface area contributed by atoms with E-state index in [0.29, 0.717) is 33.6 Å². The van der Waals surface area contributed by atoms with Crippen LogP contribution in [-0.2, 0) is 9.59 Å². The summed E-state index contributed by atoms with van der Waals surface area (Å²) in [5.74, 6) is 0.905. The first-order valence-corrected chi connectivity index (χ1v) is 26.3. The third-order valence-electron chi connectivity index (χ3n) is 12.8. The number of carbonyl (C=O) groups is 2. The van der Waals surface area contributed by atoms with Crippen LogP contribution in [0.2, 0.25) is 0 Å². The van der Waals surface area contributed by atoms with Crippen LogP contribution in [0.25, 0.3) is 11.3 Å². The molecule has 4 nitrogen and oxygen atoms in total. The molecule has 2 amide bonds. The molecule has 0 radical (unpaired) electrons. The highest BCUT2D eigenvalue weighted by Gasteiger charge is 2.51. The lowest BCUT2D eigenvalue weighted by atomic mass is 9.85. The van der Waals surface area contributed by atoms with Gasteiger partial charge in [-0.1, -0.05) is 198 Å². The van der Waals surface area contributed by atoms with E-state index < -0.39 is 0 Å². The van der Waals surface area contributed by atoms with Gasteiger partial charge < -0.3 is 0 Å². The first-order valence-electron chi connectivity index (χ1n) is 23.4. The molecule has 0 N–H and O–H groups in total. The molecule has 320 valence electrons. The average molecular weight is 957 g/mol. The Hall–Kier alpha value is -1.61. The van der Waals surface area contributed by atoms with E-state index in [0.717, 1.165) is 38.3 Å². The van der Waals surface area contributed by atoms with Crippen molar-refractivity contribution in [2.24, 2.45) is 11.8 Å². The van der Waals surface area contributed by atoms with Gasteiger partial charge in [-0.2, -0.15) is 0 Å². The topological polar surface area (TPSA) is 40.6 Å². The molecule has 1 aromatic rings. The van der Waals surface area contributed by atoms with Gasteiger partial charge >= 0.3 is 0 Å². The fourth-order valence-corrected chi connectivity index (χ4v) is 12.0. The molecule has 0 aliphatic carbocycles. The fourth-order valence-electron chi connectivity index (χ4n) is 9.59. The van der Waals surface area contributed by atoms with Crippen molar-refractivity contribution < 1.29 is 9.59 Å². The molecule has 2 unspecified atom stereocenters. The molecule has 5 heterocycles. The number of thiol groups is 1. The summed E-state index contributed by atoms with van der Waals surface area (Å²) in [7, 11) is 0. The Labute approximate surface area is 378 Å². The predicted octanol–water partition coefficient (Wildman–Crippen LogP) is 17.0. The first kappa shape index (κ1) is 47.4. The van der Waals surface area contributed by atoms with Crippen molar-refractivity contribution in [2.75, 3.05) is 0 Å². The van der Waals surface area contributed by atoms with E-state index in [-0.39, 0.29) is 11.8 Å². The van der Waals surface area contributed by atoms with Gasteiger partial charge in [0.1, 0.15) is 0 Å². The van der Waals surface area contributed by atoms with Gasteiger partial charge in [-0.05, 0) is 74.5 Å². The molecular formula is C50H72Br2N2O2S2. The van der Waals surface area contributed by atoms with Gasteiger partial charge in [0.05, 0.1) is 31.2 Å². The number of thiophene rings is 1. The predicted molar refractivity (Wildman–Crippen MR) is 260 cm³/mol. The molecule has 0 saturated carbocycles. The Kier molecular flexibility index (Phi) is 20.2. The second kappa shape index (κ2) is 24.7. The molecule has 0 fully saturated rings. The maximum absolute atomic E-state index is 14.8. The number of carbonyl (C=O) groups excluding carboxylic acids is 2. The number of nitrogens with zero attached hydrogens (tertiary/aromatic N) is 2. The lowest BCUT2D eigenvalue weighted by Crippen LogP contribution is -2.29. The third-order valence-corrected chi connectivity index (χ3v) is 15.2. The Morgan fingerprint density at radius 3 is 1.53 bits per heavy atom. The maximum atomic E-state index is 14.8. The summed E-state index contributed by atoms with van der Waals surface area (Å²) in [6, 6.07) is 2.23. The maximum Gasteiger partial charge on any atom is 0.265 e. The van der Waals surface area contributed by atoms with E-state index >= 15 is 0 Å². The summed E-state index contributed by atoms with van der Waals surface area (Å²) in [6.07, 6.45) is 38.7. The second-order valence-electron chi connectivity index (χ2n) is 17.4. The van der Waals surface area contributed by atoms with Crippen LogP contribution in [0.4, 0.5) is 0 Å². The van der Waals surface area contributed by atoms with Gasteiger partial charge in [0.15, 0.2) is 0 Å². The van der Waals surface area contributed by atoms with Crippen LogP contribution in [0.15, 0.2) is 66.2 Å². The number of hydrogen-bond donors (Lipinski definition) is 1. The zero-order chi connectivity index (χ0) is 41.4. The Bertz CT molecular complexity index is 1750. The summed E-state index contributed by atoms with van der Waals surface area (Å²) in [5, 5.41) is 0. The van der Waals surface area contributed by atoms with E-state index in [1.165, 1.54) is 165 Å². The van der Waals surface area contributed by atoms with Crippen LogP contribution in [0.5, 0.6) is 0 Å². The van der Waals surface area contributed by atoms with Crippen LogP contribution < -0.4 is 0 Å². The summed E-state index contributed by atoms with van der Waals surface area (Å²) < 4.78 is 1.03. The van der Waals surface area contributed by atoms with Crippen molar-refractivity contribution >= 4 is 78.9 Å². The van der Waals surface area contributed by atoms with Crippen LogP contribution in [0.3, 0.4) is 0 Å². The first-order chi connectivity index (χ1) is 28.3. The van der Waals surface area contributed by atoms with Crippen LogP contribution in [0.1, 0.15) is 205 Å². The number of unbranched alkanes of at least 4 members (excludes halogenated alkanes) is 16. The Morgan fingerprint density at radius 2 is 1.03 bits per heavy atom. The monoisotopic (exact) mass is 954 g/mol. The standard InChI is InChI=1S/C50H72Br2N2O2S2/c1-5-9-13-17-19-23-27-36(25-21-15-11-7-3)31-38-34-53-45(47(57)40(38)29-30-51)43-44(50(53)56)46-48-41(33-42(52)58-48)39(35-54(46)49(43)55)32-37(26-22-16-12-8-4)28-24-20-18-14-10-6-2/h29-30,33-37,57H,5-28,31-32H2,1-4H3/b30-29+. The normalized spacial score (nSPS) is 17.4. The Morgan fingerprint density at radius 1 is 0.621 bits per heavy atom. The van der Waals surface area contributed by atoms with Gasteiger partial charge in [0.2, 0.25) is 0 Å². The molecule has 8 heteroatoms. The van der Waals surface area contributed by atoms with Crippen molar-refractivity contribution in [3.63, 3.8) is 0 Å². The van der Waals surface area contributed by atoms with Gasteiger partial charge in [0.25, 0.3) is 11.8 Å². The van der Waals surface area contributed by atoms with Crippen LogP contribution in [0, 0.1) is 11.8 Å². The van der Waals surface area contributed by atoms with Crippen molar-refractivity contribution in [2.45, 2.75) is 195 Å². The van der Waals surface area contributed by atoms with E-state index in [2.05, 4.69) is 84.1 Å². The van der Waals surface area contributed by atoms with Gasteiger partial charge in [-0.25, -0.2) is 0 Å². The third kappa shape index (κ3) is 12.1. The Balaban J connectivity index is 1.43.